The highest BCUT2D eigenvalue weighted by atomic mass is 16.5. The van der Waals surface area contributed by atoms with Crippen molar-refractivity contribution in [1.29, 1.82) is 0 Å². The smallest absolute Gasteiger partial charge is 0.260 e. The van der Waals surface area contributed by atoms with Crippen LogP contribution in [-0.2, 0) is 4.79 Å². The number of nitrogens with one attached hydrogen (secondary N) is 2. The Hall–Kier alpha value is -4.20. The molecule has 2 N–H and O–H groups in total. The Morgan fingerprint density at radius 1 is 1.03 bits per heavy atom. The number of anilines is 2. The van der Waals surface area contributed by atoms with E-state index < -0.39 is 6.10 Å². The molecule has 0 aliphatic heterocycles. The van der Waals surface area contributed by atoms with Gasteiger partial charge in [0.25, 0.3) is 5.91 Å². The molecule has 8 heteroatoms. The molecule has 2 aromatic carbocycles. The number of hydrogen-bond donors (Lipinski definition) is 2. The molecule has 1 aliphatic rings. The predicted molar refractivity (Wildman–Crippen MR) is 139 cm³/mol. The van der Waals surface area contributed by atoms with E-state index in [1.165, 1.54) is 6.33 Å². The molecule has 2 heterocycles. The molecule has 2 aromatic heterocycles. The first-order chi connectivity index (χ1) is 17.5. The zero-order valence-electron chi connectivity index (χ0n) is 20.6. The lowest BCUT2D eigenvalue weighted by Crippen LogP contribution is -2.45. The summed E-state index contributed by atoms with van der Waals surface area (Å²) in [4.78, 5) is 25.7. The average molecular weight is 484 g/mol. The van der Waals surface area contributed by atoms with Gasteiger partial charge in [0.2, 0.25) is 0 Å². The molecule has 1 aliphatic carbocycles. The standard InChI is InChI=1S/C28H29N5O3/c1-17-14-21(11-13-24(17)36-22-12-10-18(2)29-15-22)32-27-26-23(30-16-31-27)8-5-9-25(26)35-19(3)28(34)33-20-6-4-7-20/h5,8-16,19-20H,4,6-7H2,1-3H3,(H,33,34)(H,30,31,32)/t19-/m1/s1. The minimum Gasteiger partial charge on any atom is -0.480 e. The van der Waals surface area contributed by atoms with E-state index in [0.717, 1.165) is 47.5 Å². The molecule has 0 bridgehead atoms. The van der Waals surface area contributed by atoms with Crippen LogP contribution in [0.1, 0.15) is 37.4 Å². The molecule has 8 nitrogen and oxygen atoms in total. The van der Waals surface area contributed by atoms with E-state index in [1.807, 2.05) is 62.4 Å². The molecule has 4 aromatic rings. The second-order valence-electron chi connectivity index (χ2n) is 9.11. The van der Waals surface area contributed by atoms with Crippen LogP contribution >= 0.6 is 0 Å². The van der Waals surface area contributed by atoms with Crippen LogP contribution in [0.3, 0.4) is 0 Å². The number of amides is 1. The second kappa shape index (κ2) is 10.2. The van der Waals surface area contributed by atoms with E-state index in [4.69, 9.17) is 9.47 Å². The maximum Gasteiger partial charge on any atom is 0.260 e. The minimum absolute atomic E-state index is 0.113. The summed E-state index contributed by atoms with van der Waals surface area (Å²) in [5, 5.41) is 7.14. The quantitative estimate of drug-likeness (QED) is 0.336. The number of fused-ring (bicyclic) bond motifs is 1. The van der Waals surface area contributed by atoms with Crippen LogP contribution in [0, 0.1) is 13.8 Å². The van der Waals surface area contributed by atoms with Crippen molar-refractivity contribution in [3.8, 4) is 17.2 Å². The maximum atomic E-state index is 12.6. The number of pyridine rings is 1. The van der Waals surface area contributed by atoms with Crippen molar-refractivity contribution in [3.05, 3.63) is 72.3 Å². The summed E-state index contributed by atoms with van der Waals surface area (Å²) in [5.74, 6) is 2.46. The molecule has 1 amide bonds. The second-order valence-corrected chi connectivity index (χ2v) is 9.11. The van der Waals surface area contributed by atoms with Crippen molar-refractivity contribution in [1.82, 2.24) is 20.3 Å². The SMILES string of the molecule is Cc1ccc(Oc2ccc(Nc3ncnc4cccc(O[C@H](C)C(=O)NC5CCC5)c34)cc2C)cn1. The molecular weight excluding hydrogens is 454 g/mol. The van der Waals surface area contributed by atoms with E-state index in [-0.39, 0.29) is 11.9 Å². The highest BCUT2D eigenvalue weighted by Crippen LogP contribution is 2.34. The number of benzene rings is 2. The first-order valence-electron chi connectivity index (χ1n) is 12.2. The summed E-state index contributed by atoms with van der Waals surface area (Å²) >= 11 is 0. The fourth-order valence-corrected chi connectivity index (χ4v) is 4.01. The molecule has 5 rings (SSSR count). The number of rotatable bonds is 8. The molecule has 184 valence electrons. The van der Waals surface area contributed by atoms with E-state index in [2.05, 4.69) is 25.6 Å². The van der Waals surface area contributed by atoms with Gasteiger partial charge in [0.15, 0.2) is 6.10 Å². The first kappa shape index (κ1) is 23.5. The molecule has 0 spiro atoms. The first-order valence-corrected chi connectivity index (χ1v) is 12.2. The summed E-state index contributed by atoms with van der Waals surface area (Å²) < 4.78 is 12.1. The number of carbonyl (C=O) groups is 1. The predicted octanol–water partition coefficient (Wildman–Crippen LogP) is 5.61. The van der Waals surface area contributed by atoms with Gasteiger partial charge in [0.1, 0.15) is 29.4 Å². The van der Waals surface area contributed by atoms with Gasteiger partial charge >= 0.3 is 0 Å². The lowest BCUT2D eigenvalue weighted by molar-refractivity contribution is -0.128. The van der Waals surface area contributed by atoms with Crippen LogP contribution in [0.25, 0.3) is 10.9 Å². The summed E-state index contributed by atoms with van der Waals surface area (Å²) in [6.45, 7) is 5.68. The number of carbonyl (C=O) groups excluding carboxylic acids is 1. The number of nitrogens with zero attached hydrogens (tertiary/aromatic N) is 3. The third-order valence-electron chi connectivity index (χ3n) is 6.30. The number of hydrogen-bond acceptors (Lipinski definition) is 7. The Morgan fingerprint density at radius 3 is 2.61 bits per heavy atom. The Balaban J connectivity index is 1.36. The van der Waals surface area contributed by atoms with E-state index in [1.54, 1.807) is 13.1 Å². The summed E-state index contributed by atoms with van der Waals surface area (Å²) in [6, 6.07) is 15.5. The van der Waals surface area contributed by atoms with Gasteiger partial charge in [0.05, 0.1) is 17.1 Å². The van der Waals surface area contributed by atoms with Crippen LogP contribution in [0.4, 0.5) is 11.5 Å². The Morgan fingerprint density at radius 2 is 1.89 bits per heavy atom. The lowest BCUT2D eigenvalue weighted by atomic mass is 9.93. The summed E-state index contributed by atoms with van der Waals surface area (Å²) in [5.41, 5.74) is 3.46. The van der Waals surface area contributed by atoms with Crippen molar-refractivity contribution >= 4 is 28.3 Å². The topological polar surface area (TPSA) is 98.3 Å². The van der Waals surface area contributed by atoms with Gasteiger partial charge in [-0.05, 0) is 88.1 Å². The van der Waals surface area contributed by atoms with Gasteiger partial charge in [-0.2, -0.15) is 0 Å². The van der Waals surface area contributed by atoms with Crippen LogP contribution < -0.4 is 20.1 Å². The van der Waals surface area contributed by atoms with Gasteiger partial charge in [-0.25, -0.2) is 9.97 Å². The van der Waals surface area contributed by atoms with E-state index >= 15 is 0 Å². The van der Waals surface area contributed by atoms with Crippen LogP contribution in [0.15, 0.2) is 61.1 Å². The van der Waals surface area contributed by atoms with Crippen molar-refractivity contribution in [2.24, 2.45) is 0 Å². The fourth-order valence-electron chi connectivity index (χ4n) is 4.01. The molecule has 0 saturated heterocycles. The molecule has 1 atom stereocenters. The Bertz CT molecular complexity index is 1380. The largest absolute Gasteiger partial charge is 0.480 e. The van der Waals surface area contributed by atoms with Crippen molar-refractivity contribution < 1.29 is 14.3 Å². The number of aromatic nitrogens is 3. The monoisotopic (exact) mass is 483 g/mol. The Kier molecular flexibility index (Phi) is 6.66. The number of ether oxygens (including phenoxy) is 2. The Labute approximate surface area is 210 Å². The van der Waals surface area contributed by atoms with Gasteiger partial charge in [-0.15, -0.1) is 0 Å². The van der Waals surface area contributed by atoms with Crippen LogP contribution in [-0.4, -0.2) is 33.0 Å². The molecule has 36 heavy (non-hydrogen) atoms. The lowest BCUT2D eigenvalue weighted by Gasteiger charge is -2.28. The molecular formula is C28H29N5O3. The normalized spacial score (nSPS) is 14.1. The van der Waals surface area contributed by atoms with Crippen molar-refractivity contribution in [2.45, 2.75) is 52.2 Å². The van der Waals surface area contributed by atoms with Crippen LogP contribution in [0.5, 0.6) is 17.2 Å². The molecule has 0 unspecified atom stereocenters. The van der Waals surface area contributed by atoms with Gasteiger partial charge in [0, 0.05) is 17.4 Å². The van der Waals surface area contributed by atoms with Gasteiger partial charge in [-0.1, -0.05) is 6.07 Å². The average Bonchev–Trinajstić information content (AvgIpc) is 2.84. The minimum atomic E-state index is -0.640. The molecule has 0 radical (unpaired) electrons. The van der Waals surface area contributed by atoms with E-state index in [9.17, 15) is 4.79 Å². The fraction of sp³-hybridized carbons (Fsp3) is 0.286. The highest BCUT2D eigenvalue weighted by molar-refractivity contribution is 5.96. The highest BCUT2D eigenvalue weighted by Gasteiger charge is 2.24. The third kappa shape index (κ3) is 5.22. The zero-order valence-corrected chi connectivity index (χ0v) is 20.6. The third-order valence-corrected chi connectivity index (χ3v) is 6.30. The molecule has 1 fully saturated rings. The number of aryl methyl sites for hydroxylation is 2. The zero-order chi connectivity index (χ0) is 25.1. The van der Waals surface area contributed by atoms with Crippen molar-refractivity contribution in [2.75, 3.05) is 5.32 Å². The summed E-state index contributed by atoms with van der Waals surface area (Å²) in [7, 11) is 0. The molecule has 1 saturated carbocycles. The van der Waals surface area contributed by atoms with Crippen LogP contribution in [0.2, 0.25) is 0 Å². The van der Waals surface area contributed by atoms with E-state index in [0.29, 0.717) is 22.7 Å². The summed E-state index contributed by atoms with van der Waals surface area (Å²) in [6.07, 6.45) is 5.79. The van der Waals surface area contributed by atoms with Crippen molar-refractivity contribution in [3.63, 3.8) is 0 Å². The van der Waals surface area contributed by atoms with Gasteiger partial charge < -0.3 is 20.1 Å². The van der Waals surface area contributed by atoms with Gasteiger partial charge in [-0.3, -0.25) is 9.78 Å². The maximum absolute atomic E-state index is 12.6.